The summed E-state index contributed by atoms with van der Waals surface area (Å²) in [7, 11) is 0. The zero-order valence-corrected chi connectivity index (χ0v) is 15.4. The van der Waals surface area contributed by atoms with E-state index in [1.54, 1.807) is 11.2 Å². The highest BCUT2D eigenvalue weighted by molar-refractivity contribution is 5.91. The Balaban J connectivity index is 1.72. The van der Waals surface area contributed by atoms with Crippen LogP contribution < -0.4 is 10.1 Å². The summed E-state index contributed by atoms with van der Waals surface area (Å²) in [5.41, 5.74) is 1.85. The third kappa shape index (κ3) is 5.38. The van der Waals surface area contributed by atoms with E-state index >= 15 is 0 Å². The van der Waals surface area contributed by atoms with E-state index in [2.05, 4.69) is 17.4 Å². The third-order valence-corrected chi connectivity index (χ3v) is 4.16. The van der Waals surface area contributed by atoms with Crippen molar-refractivity contribution in [3.8, 4) is 5.75 Å². The van der Waals surface area contributed by atoms with Gasteiger partial charge >= 0.3 is 6.03 Å². The molecule has 0 aliphatic rings. The second-order valence-corrected chi connectivity index (χ2v) is 6.10. The molecule has 1 N–H and O–H groups in total. The number of carbonyl (C=O) groups excluding carboxylic acids is 1. The number of urea groups is 1. The van der Waals surface area contributed by atoms with Gasteiger partial charge in [-0.25, -0.2) is 4.79 Å². The molecular formula is C22H24N2O3. The topological polar surface area (TPSA) is 54.7 Å². The SMILES string of the molecule is CCOc1ccccc1NC(=O)N(CCc1ccccc1)Cc1ccco1. The van der Waals surface area contributed by atoms with Crippen molar-refractivity contribution in [3.63, 3.8) is 0 Å². The highest BCUT2D eigenvalue weighted by Gasteiger charge is 2.17. The highest BCUT2D eigenvalue weighted by Crippen LogP contribution is 2.24. The molecule has 3 rings (SSSR count). The third-order valence-electron chi connectivity index (χ3n) is 4.16. The van der Waals surface area contributed by atoms with Crippen LogP contribution in [-0.4, -0.2) is 24.1 Å². The van der Waals surface area contributed by atoms with Gasteiger partial charge in [0.2, 0.25) is 0 Å². The van der Waals surface area contributed by atoms with Crippen LogP contribution in [0.2, 0.25) is 0 Å². The van der Waals surface area contributed by atoms with E-state index in [-0.39, 0.29) is 6.03 Å². The van der Waals surface area contributed by atoms with E-state index in [4.69, 9.17) is 9.15 Å². The molecule has 3 aromatic rings. The molecule has 0 saturated carbocycles. The highest BCUT2D eigenvalue weighted by atomic mass is 16.5. The lowest BCUT2D eigenvalue weighted by Crippen LogP contribution is -2.36. The second kappa shape index (κ2) is 9.48. The zero-order valence-electron chi connectivity index (χ0n) is 15.4. The molecule has 0 unspecified atom stereocenters. The summed E-state index contributed by atoms with van der Waals surface area (Å²) in [4.78, 5) is 14.7. The van der Waals surface area contributed by atoms with E-state index in [0.717, 1.165) is 12.2 Å². The number of benzene rings is 2. The van der Waals surface area contributed by atoms with Crippen LogP contribution >= 0.6 is 0 Å². The first-order valence-electron chi connectivity index (χ1n) is 9.10. The molecule has 5 heteroatoms. The zero-order chi connectivity index (χ0) is 18.9. The van der Waals surface area contributed by atoms with Crippen molar-refractivity contribution in [1.29, 1.82) is 0 Å². The van der Waals surface area contributed by atoms with Crippen LogP contribution in [0.4, 0.5) is 10.5 Å². The predicted octanol–water partition coefficient (Wildman–Crippen LogP) is 4.96. The van der Waals surface area contributed by atoms with Gasteiger partial charge in [0.05, 0.1) is 25.1 Å². The van der Waals surface area contributed by atoms with Crippen LogP contribution in [0, 0.1) is 0 Å². The van der Waals surface area contributed by atoms with Crippen LogP contribution in [0.5, 0.6) is 5.75 Å². The average Bonchev–Trinajstić information content (AvgIpc) is 3.21. The Morgan fingerprint density at radius 1 is 1.04 bits per heavy atom. The Bertz CT molecular complexity index is 832. The van der Waals surface area contributed by atoms with Gasteiger partial charge in [0.15, 0.2) is 0 Å². The van der Waals surface area contributed by atoms with Gasteiger partial charge in [-0.05, 0) is 43.2 Å². The molecule has 0 aliphatic carbocycles. The number of furan rings is 1. The average molecular weight is 364 g/mol. The predicted molar refractivity (Wildman–Crippen MR) is 106 cm³/mol. The van der Waals surface area contributed by atoms with E-state index in [1.807, 2.05) is 61.5 Å². The first-order valence-corrected chi connectivity index (χ1v) is 9.10. The summed E-state index contributed by atoms with van der Waals surface area (Å²) in [6.45, 7) is 3.44. The molecule has 0 atom stereocenters. The quantitative estimate of drug-likeness (QED) is 0.615. The molecule has 0 aliphatic heterocycles. The molecule has 2 amide bonds. The molecule has 0 spiro atoms. The Kier molecular flexibility index (Phi) is 6.52. The van der Waals surface area contributed by atoms with E-state index in [9.17, 15) is 4.79 Å². The molecule has 2 aromatic carbocycles. The number of rotatable bonds is 8. The van der Waals surface area contributed by atoms with Crippen molar-refractivity contribution in [2.45, 2.75) is 19.9 Å². The van der Waals surface area contributed by atoms with Gasteiger partial charge in [-0.3, -0.25) is 0 Å². The lowest BCUT2D eigenvalue weighted by atomic mass is 10.1. The minimum Gasteiger partial charge on any atom is -0.492 e. The van der Waals surface area contributed by atoms with E-state index in [0.29, 0.717) is 31.1 Å². The maximum Gasteiger partial charge on any atom is 0.322 e. The van der Waals surface area contributed by atoms with Gasteiger partial charge in [0, 0.05) is 6.54 Å². The van der Waals surface area contributed by atoms with Gasteiger partial charge < -0.3 is 19.4 Å². The van der Waals surface area contributed by atoms with Gasteiger partial charge in [-0.2, -0.15) is 0 Å². The summed E-state index contributed by atoms with van der Waals surface area (Å²) in [5, 5.41) is 2.96. The van der Waals surface area contributed by atoms with Crippen LogP contribution in [0.15, 0.2) is 77.4 Å². The minimum absolute atomic E-state index is 0.186. The fourth-order valence-corrected chi connectivity index (χ4v) is 2.80. The molecule has 0 bridgehead atoms. The maximum absolute atomic E-state index is 12.9. The van der Waals surface area contributed by atoms with Gasteiger partial charge in [-0.1, -0.05) is 42.5 Å². The number of hydrogen-bond acceptors (Lipinski definition) is 3. The summed E-state index contributed by atoms with van der Waals surface area (Å²) in [6, 6.07) is 21.1. The molecule has 0 radical (unpaired) electrons. The maximum atomic E-state index is 12.9. The number of nitrogens with zero attached hydrogens (tertiary/aromatic N) is 1. The standard InChI is InChI=1S/C22H24N2O3/c1-2-26-21-13-7-6-12-20(21)23-22(25)24(17-19-11-8-16-27-19)15-14-18-9-4-3-5-10-18/h3-13,16H,2,14-15,17H2,1H3,(H,23,25). The minimum atomic E-state index is -0.186. The van der Waals surface area contributed by atoms with Crippen LogP contribution in [0.3, 0.4) is 0 Å². The summed E-state index contributed by atoms with van der Waals surface area (Å²) in [5.74, 6) is 1.41. The van der Waals surface area contributed by atoms with Crippen molar-refractivity contribution in [3.05, 3.63) is 84.3 Å². The molecule has 27 heavy (non-hydrogen) atoms. The number of anilines is 1. The normalized spacial score (nSPS) is 10.4. The van der Waals surface area contributed by atoms with Gasteiger partial charge in [0.1, 0.15) is 11.5 Å². The molecule has 0 saturated heterocycles. The summed E-state index contributed by atoms with van der Waals surface area (Å²) >= 11 is 0. The number of hydrogen-bond donors (Lipinski definition) is 1. The van der Waals surface area contributed by atoms with Crippen LogP contribution in [0.25, 0.3) is 0 Å². The summed E-state index contributed by atoms with van der Waals surface area (Å²) in [6.07, 6.45) is 2.38. The Morgan fingerprint density at radius 3 is 2.56 bits per heavy atom. The molecular weight excluding hydrogens is 340 g/mol. The first kappa shape index (κ1) is 18.6. The van der Waals surface area contributed by atoms with Crippen LogP contribution in [-0.2, 0) is 13.0 Å². The van der Waals surface area contributed by atoms with Crippen molar-refractivity contribution >= 4 is 11.7 Å². The number of para-hydroxylation sites is 2. The van der Waals surface area contributed by atoms with E-state index in [1.165, 1.54) is 5.56 Å². The van der Waals surface area contributed by atoms with Gasteiger partial charge in [-0.15, -0.1) is 0 Å². The monoisotopic (exact) mass is 364 g/mol. The van der Waals surface area contributed by atoms with Crippen molar-refractivity contribution < 1.29 is 13.9 Å². The van der Waals surface area contributed by atoms with Gasteiger partial charge in [0.25, 0.3) is 0 Å². The van der Waals surface area contributed by atoms with Crippen molar-refractivity contribution in [2.75, 3.05) is 18.5 Å². The second-order valence-electron chi connectivity index (χ2n) is 6.10. The molecule has 140 valence electrons. The molecule has 1 heterocycles. The largest absolute Gasteiger partial charge is 0.492 e. The number of ether oxygens (including phenoxy) is 1. The lowest BCUT2D eigenvalue weighted by molar-refractivity contribution is 0.204. The van der Waals surface area contributed by atoms with Crippen molar-refractivity contribution in [2.24, 2.45) is 0 Å². The fraction of sp³-hybridized carbons (Fsp3) is 0.227. The summed E-state index contributed by atoms with van der Waals surface area (Å²) < 4.78 is 11.0. The number of amides is 2. The first-order chi connectivity index (χ1) is 13.3. The molecule has 1 aromatic heterocycles. The number of carbonyl (C=O) groups is 1. The smallest absolute Gasteiger partial charge is 0.322 e. The Hall–Kier alpha value is -3.21. The van der Waals surface area contributed by atoms with E-state index < -0.39 is 0 Å². The molecule has 5 nitrogen and oxygen atoms in total. The van der Waals surface area contributed by atoms with Crippen LogP contribution in [0.1, 0.15) is 18.2 Å². The lowest BCUT2D eigenvalue weighted by Gasteiger charge is -2.23. The Labute approximate surface area is 159 Å². The van der Waals surface area contributed by atoms with Crippen molar-refractivity contribution in [1.82, 2.24) is 4.90 Å². The Morgan fingerprint density at radius 2 is 1.81 bits per heavy atom. The molecule has 0 fully saturated rings. The fourth-order valence-electron chi connectivity index (χ4n) is 2.80. The number of nitrogens with one attached hydrogen (secondary N) is 1.